The molecule has 1 aliphatic rings. The maximum atomic E-state index is 12.4. The Bertz CT molecular complexity index is 598. The SMILES string of the molecule is CNC1CCCN(C(=O)c2ccc(S(=O)(=O)NC)cc2)C1. The van der Waals surface area contributed by atoms with Gasteiger partial charge in [-0.25, -0.2) is 13.1 Å². The van der Waals surface area contributed by atoms with Crippen LogP contribution in [0.1, 0.15) is 23.2 Å². The van der Waals surface area contributed by atoms with E-state index in [9.17, 15) is 13.2 Å². The molecule has 0 aliphatic carbocycles. The van der Waals surface area contributed by atoms with Gasteiger partial charge in [-0.15, -0.1) is 0 Å². The number of likely N-dealkylation sites (N-methyl/N-ethyl adjacent to an activating group) is 1. The molecule has 1 aromatic carbocycles. The van der Waals surface area contributed by atoms with Gasteiger partial charge in [0.2, 0.25) is 10.0 Å². The van der Waals surface area contributed by atoms with E-state index in [1.165, 1.54) is 19.2 Å². The third-order valence-corrected chi connectivity index (χ3v) is 5.23. The van der Waals surface area contributed by atoms with Crippen LogP contribution in [0.15, 0.2) is 29.2 Å². The molecule has 0 radical (unpaired) electrons. The van der Waals surface area contributed by atoms with Gasteiger partial charge in [-0.3, -0.25) is 4.79 Å². The van der Waals surface area contributed by atoms with E-state index in [4.69, 9.17) is 0 Å². The summed E-state index contributed by atoms with van der Waals surface area (Å²) in [6.07, 6.45) is 2.04. The monoisotopic (exact) mass is 311 g/mol. The molecule has 0 aromatic heterocycles. The van der Waals surface area contributed by atoms with Crippen molar-refractivity contribution in [3.63, 3.8) is 0 Å². The summed E-state index contributed by atoms with van der Waals surface area (Å²) in [6, 6.07) is 6.37. The summed E-state index contributed by atoms with van der Waals surface area (Å²) < 4.78 is 25.6. The van der Waals surface area contributed by atoms with Gasteiger partial charge in [0.1, 0.15) is 0 Å². The normalized spacial score (nSPS) is 19.5. The van der Waals surface area contributed by atoms with E-state index in [0.717, 1.165) is 19.4 Å². The van der Waals surface area contributed by atoms with E-state index >= 15 is 0 Å². The van der Waals surface area contributed by atoms with Crippen LogP contribution in [0.25, 0.3) is 0 Å². The van der Waals surface area contributed by atoms with Crippen LogP contribution in [-0.2, 0) is 10.0 Å². The molecule has 0 spiro atoms. The summed E-state index contributed by atoms with van der Waals surface area (Å²) in [5, 5.41) is 3.20. The second-order valence-electron chi connectivity index (χ2n) is 5.11. The van der Waals surface area contributed by atoms with Crippen LogP contribution >= 0.6 is 0 Å². The summed E-state index contributed by atoms with van der Waals surface area (Å²) in [4.78, 5) is 14.4. The zero-order valence-electron chi connectivity index (χ0n) is 12.3. The number of rotatable bonds is 4. The van der Waals surface area contributed by atoms with Crippen LogP contribution in [0, 0.1) is 0 Å². The highest BCUT2D eigenvalue weighted by Crippen LogP contribution is 2.16. The van der Waals surface area contributed by atoms with Gasteiger partial charge in [-0.1, -0.05) is 0 Å². The molecule has 1 amide bonds. The first kappa shape index (κ1) is 15.9. The fourth-order valence-corrected chi connectivity index (χ4v) is 3.20. The number of hydrogen-bond acceptors (Lipinski definition) is 4. The Kier molecular flexibility index (Phi) is 4.97. The number of hydrogen-bond donors (Lipinski definition) is 2. The molecule has 1 saturated heterocycles. The Labute approximate surface area is 125 Å². The Balaban J connectivity index is 2.13. The smallest absolute Gasteiger partial charge is 0.253 e. The second kappa shape index (κ2) is 6.55. The molecule has 1 unspecified atom stereocenters. The van der Waals surface area contributed by atoms with Gasteiger partial charge in [-0.2, -0.15) is 0 Å². The van der Waals surface area contributed by atoms with E-state index in [2.05, 4.69) is 10.0 Å². The fourth-order valence-electron chi connectivity index (χ4n) is 2.47. The summed E-state index contributed by atoms with van der Waals surface area (Å²) >= 11 is 0. The molecular formula is C14H21N3O3S. The maximum absolute atomic E-state index is 12.4. The van der Waals surface area contributed by atoms with Gasteiger partial charge in [-0.05, 0) is 51.2 Å². The Morgan fingerprint density at radius 3 is 2.48 bits per heavy atom. The highest BCUT2D eigenvalue weighted by Gasteiger charge is 2.23. The van der Waals surface area contributed by atoms with Gasteiger partial charge >= 0.3 is 0 Å². The molecule has 6 nitrogen and oxygen atoms in total. The van der Waals surface area contributed by atoms with E-state index < -0.39 is 10.0 Å². The van der Waals surface area contributed by atoms with Crippen LogP contribution in [0.3, 0.4) is 0 Å². The van der Waals surface area contributed by atoms with Gasteiger partial charge in [0.15, 0.2) is 0 Å². The standard InChI is InChI=1S/C14H21N3O3S/c1-15-12-4-3-9-17(10-12)14(18)11-5-7-13(8-6-11)21(19,20)16-2/h5-8,12,15-16H,3-4,9-10H2,1-2H3. The van der Waals surface area contributed by atoms with Crippen molar-refractivity contribution in [2.24, 2.45) is 0 Å². The molecule has 2 rings (SSSR count). The summed E-state index contributed by atoms with van der Waals surface area (Å²) in [5.74, 6) is -0.0524. The molecule has 1 heterocycles. The largest absolute Gasteiger partial charge is 0.337 e. The number of likely N-dealkylation sites (tertiary alicyclic amines) is 1. The summed E-state index contributed by atoms with van der Waals surface area (Å²) in [5.41, 5.74) is 0.516. The highest BCUT2D eigenvalue weighted by atomic mass is 32.2. The lowest BCUT2D eigenvalue weighted by Crippen LogP contribution is -2.46. The summed E-state index contributed by atoms with van der Waals surface area (Å²) in [6.45, 7) is 1.43. The van der Waals surface area contributed by atoms with Crippen LogP contribution in [0.5, 0.6) is 0 Å². The van der Waals surface area contributed by atoms with Crippen molar-refractivity contribution < 1.29 is 13.2 Å². The van der Waals surface area contributed by atoms with Crippen LogP contribution in [-0.4, -0.2) is 52.5 Å². The molecule has 1 atom stereocenters. The first-order valence-electron chi connectivity index (χ1n) is 6.98. The first-order valence-corrected chi connectivity index (χ1v) is 8.46. The first-order chi connectivity index (χ1) is 9.97. The Morgan fingerprint density at radius 2 is 1.90 bits per heavy atom. The molecule has 1 fully saturated rings. The summed E-state index contributed by atoms with van der Waals surface area (Å²) in [7, 11) is -0.203. The van der Waals surface area contributed by atoms with E-state index in [-0.39, 0.29) is 10.8 Å². The predicted molar refractivity (Wildman–Crippen MR) is 80.7 cm³/mol. The maximum Gasteiger partial charge on any atom is 0.253 e. The number of nitrogens with one attached hydrogen (secondary N) is 2. The van der Waals surface area contributed by atoms with E-state index in [1.807, 2.05) is 11.9 Å². The Morgan fingerprint density at radius 1 is 1.24 bits per heavy atom. The molecular weight excluding hydrogens is 290 g/mol. The van der Waals surface area contributed by atoms with Crippen LogP contribution in [0.4, 0.5) is 0 Å². The van der Waals surface area contributed by atoms with E-state index in [1.54, 1.807) is 12.1 Å². The predicted octanol–water partition coefficient (Wildman–Crippen LogP) is 0.419. The van der Waals surface area contributed by atoms with Gasteiger partial charge in [0.25, 0.3) is 5.91 Å². The van der Waals surface area contributed by atoms with Gasteiger partial charge < -0.3 is 10.2 Å². The zero-order chi connectivity index (χ0) is 15.5. The minimum absolute atomic E-state index is 0.0524. The topological polar surface area (TPSA) is 78.5 Å². The second-order valence-corrected chi connectivity index (χ2v) is 7.00. The molecule has 0 bridgehead atoms. The van der Waals surface area contributed by atoms with Crippen molar-refractivity contribution in [1.82, 2.24) is 14.9 Å². The third-order valence-electron chi connectivity index (χ3n) is 3.80. The third kappa shape index (κ3) is 3.61. The van der Waals surface area contributed by atoms with Crippen LogP contribution in [0.2, 0.25) is 0 Å². The minimum atomic E-state index is -3.46. The van der Waals surface area contributed by atoms with Crippen molar-refractivity contribution in [3.05, 3.63) is 29.8 Å². The quantitative estimate of drug-likeness (QED) is 0.845. The zero-order valence-corrected chi connectivity index (χ0v) is 13.1. The number of benzene rings is 1. The average Bonchev–Trinajstić information content (AvgIpc) is 2.54. The number of sulfonamides is 1. The number of carbonyl (C=O) groups excluding carboxylic acids is 1. The van der Waals surface area contributed by atoms with Gasteiger partial charge in [0, 0.05) is 24.7 Å². The van der Waals surface area contributed by atoms with E-state index in [0.29, 0.717) is 18.2 Å². The minimum Gasteiger partial charge on any atom is -0.337 e. The number of nitrogens with zero attached hydrogens (tertiary/aromatic N) is 1. The number of carbonyl (C=O) groups is 1. The average molecular weight is 311 g/mol. The lowest BCUT2D eigenvalue weighted by Gasteiger charge is -2.32. The van der Waals surface area contributed by atoms with Crippen molar-refractivity contribution in [2.45, 2.75) is 23.8 Å². The molecule has 21 heavy (non-hydrogen) atoms. The lowest BCUT2D eigenvalue weighted by atomic mass is 10.0. The molecule has 7 heteroatoms. The van der Waals surface area contributed by atoms with Crippen molar-refractivity contribution in [2.75, 3.05) is 27.2 Å². The van der Waals surface area contributed by atoms with Crippen LogP contribution < -0.4 is 10.0 Å². The fraction of sp³-hybridized carbons (Fsp3) is 0.500. The van der Waals surface area contributed by atoms with Crippen molar-refractivity contribution in [1.29, 1.82) is 0 Å². The van der Waals surface area contributed by atoms with Crippen molar-refractivity contribution >= 4 is 15.9 Å². The molecule has 116 valence electrons. The highest BCUT2D eigenvalue weighted by molar-refractivity contribution is 7.89. The molecule has 0 saturated carbocycles. The molecule has 1 aliphatic heterocycles. The lowest BCUT2D eigenvalue weighted by molar-refractivity contribution is 0.0698. The number of amides is 1. The Hall–Kier alpha value is -1.44. The molecule has 2 N–H and O–H groups in total. The van der Waals surface area contributed by atoms with Gasteiger partial charge in [0.05, 0.1) is 4.90 Å². The van der Waals surface area contributed by atoms with Crippen molar-refractivity contribution in [3.8, 4) is 0 Å². The number of piperidine rings is 1. The molecule has 1 aromatic rings.